The van der Waals surface area contributed by atoms with Crippen LogP contribution in [-0.2, 0) is 0 Å². The van der Waals surface area contributed by atoms with Crippen LogP contribution in [0.5, 0.6) is 0 Å². The molecular formula is C60H38I2. The zero-order valence-electron chi connectivity index (χ0n) is 33.7. The molecule has 0 aliphatic carbocycles. The van der Waals surface area contributed by atoms with E-state index >= 15 is 0 Å². The number of rotatable bonds is 7. The van der Waals surface area contributed by atoms with Gasteiger partial charge in [-0.2, -0.15) is 0 Å². The van der Waals surface area contributed by atoms with Gasteiger partial charge >= 0.3 is 0 Å². The van der Waals surface area contributed by atoms with Crippen LogP contribution in [0.15, 0.2) is 231 Å². The summed E-state index contributed by atoms with van der Waals surface area (Å²) in [4.78, 5) is 0. The molecule has 2 heteroatoms. The Labute approximate surface area is 389 Å². The quantitative estimate of drug-likeness (QED) is 0.110. The Morgan fingerprint density at radius 1 is 0.210 bits per heavy atom. The molecule has 0 aliphatic heterocycles. The Morgan fingerprint density at radius 3 is 1.26 bits per heavy atom. The highest BCUT2D eigenvalue weighted by atomic mass is 127. The second kappa shape index (κ2) is 16.5. The molecule has 11 rings (SSSR count). The van der Waals surface area contributed by atoms with Crippen molar-refractivity contribution in [3.8, 4) is 77.9 Å². The maximum absolute atomic E-state index is 2.53. The second-order valence-electron chi connectivity index (χ2n) is 15.8. The van der Waals surface area contributed by atoms with E-state index in [9.17, 15) is 0 Å². The molecule has 0 saturated heterocycles. The fourth-order valence-corrected chi connectivity index (χ4v) is 10.5. The van der Waals surface area contributed by atoms with E-state index in [0.29, 0.717) is 0 Å². The SMILES string of the molecule is Ic1ccc2c(c1)c1c(-c3ccccc3)c(-c3cc(-c4ccccc4)ccc3-c3ccc(-c4ccccc4)cc3)cc(-c3ccccc3)c1c1cc(I)cc(-c3ccccc3)c21. The number of hydrogen-bond donors (Lipinski definition) is 0. The first-order chi connectivity index (χ1) is 30.6. The molecule has 292 valence electrons. The zero-order valence-corrected chi connectivity index (χ0v) is 38.0. The van der Waals surface area contributed by atoms with E-state index in [1.807, 2.05) is 0 Å². The highest BCUT2D eigenvalue weighted by molar-refractivity contribution is 14.1. The summed E-state index contributed by atoms with van der Waals surface area (Å²) in [5.41, 5.74) is 16.9. The molecule has 62 heavy (non-hydrogen) atoms. The lowest BCUT2D eigenvalue weighted by molar-refractivity contribution is 1.55. The third-order valence-corrected chi connectivity index (χ3v) is 13.5. The van der Waals surface area contributed by atoms with Gasteiger partial charge in [-0.25, -0.2) is 0 Å². The van der Waals surface area contributed by atoms with E-state index in [-0.39, 0.29) is 0 Å². The van der Waals surface area contributed by atoms with Crippen LogP contribution in [0.1, 0.15) is 0 Å². The normalized spacial score (nSPS) is 11.4. The minimum Gasteiger partial charge on any atom is -0.0622 e. The summed E-state index contributed by atoms with van der Waals surface area (Å²) in [5.74, 6) is 0. The molecule has 0 spiro atoms. The van der Waals surface area contributed by atoms with Crippen LogP contribution in [0.25, 0.3) is 110 Å². The summed E-state index contributed by atoms with van der Waals surface area (Å²) in [5, 5.41) is 7.59. The first kappa shape index (κ1) is 38.6. The fourth-order valence-electron chi connectivity index (χ4n) is 9.38. The molecule has 0 N–H and O–H groups in total. The van der Waals surface area contributed by atoms with E-state index in [1.54, 1.807) is 0 Å². The van der Waals surface area contributed by atoms with Crippen LogP contribution in [0, 0.1) is 7.14 Å². The zero-order chi connectivity index (χ0) is 41.6. The molecule has 0 unspecified atom stereocenters. The average Bonchev–Trinajstić information content (AvgIpc) is 3.34. The van der Waals surface area contributed by atoms with Crippen molar-refractivity contribution in [2.45, 2.75) is 0 Å². The third kappa shape index (κ3) is 7.01. The molecule has 0 radical (unpaired) electrons. The fraction of sp³-hybridized carbons (Fsp3) is 0. The Bertz CT molecular complexity index is 3420. The summed E-state index contributed by atoms with van der Waals surface area (Å²) >= 11 is 5.04. The molecule has 0 aromatic heterocycles. The smallest absolute Gasteiger partial charge is 0.0143 e. The molecule has 11 aromatic rings. The van der Waals surface area contributed by atoms with Crippen LogP contribution in [0.4, 0.5) is 0 Å². The van der Waals surface area contributed by atoms with Crippen LogP contribution >= 0.6 is 45.2 Å². The van der Waals surface area contributed by atoms with Gasteiger partial charge in [0.15, 0.2) is 0 Å². The summed E-state index contributed by atoms with van der Waals surface area (Å²) in [6.07, 6.45) is 0. The van der Waals surface area contributed by atoms with Crippen molar-refractivity contribution in [1.82, 2.24) is 0 Å². The van der Waals surface area contributed by atoms with Gasteiger partial charge in [0.2, 0.25) is 0 Å². The minimum atomic E-state index is 1.18. The second-order valence-corrected chi connectivity index (χ2v) is 18.3. The summed E-state index contributed by atoms with van der Waals surface area (Å²) in [6.45, 7) is 0. The summed E-state index contributed by atoms with van der Waals surface area (Å²) < 4.78 is 2.42. The van der Waals surface area contributed by atoms with Crippen LogP contribution in [0.3, 0.4) is 0 Å². The van der Waals surface area contributed by atoms with Gasteiger partial charge in [-0.1, -0.05) is 194 Å². The molecule has 0 amide bonds. The molecular weight excluding hydrogens is 974 g/mol. The summed E-state index contributed by atoms with van der Waals surface area (Å²) in [6, 6.07) is 85.0. The summed E-state index contributed by atoms with van der Waals surface area (Å²) in [7, 11) is 0. The number of halogens is 2. The Kier molecular flexibility index (Phi) is 10.3. The molecule has 0 fully saturated rings. The predicted octanol–water partition coefficient (Wildman–Crippen LogP) is 18.0. The first-order valence-corrected chi connectivity index (χ1v) is 23.1. The van der Waals surface area contributed by atoms with Crippen molar-refractivity contribution < 1.29 is 0 Å². The molecule has 0 aliphatic rings. The van der Waals surface area contributed by atoms with E-state index in [4.69, 9.17) is 0 Å². The van der Waals surface area contributed by atoms with Crippen molar-refractivity contribution in [2.24, 2.45) is 0 Å². The van der Waals surface area contributed by atoms with Crippen LogP contribution in [0.2, 0.25) is 0 Å². The lowest BCUT2D eigenvalue weighted by Crippen LogP contribution is -1.97. The number of hydrogen-bond acceptors (Lipinski definition) is 0. The Hall–Kier alpha value is -6.34. The number of benzene rings is 11. The van der Waals surface area contributed by atoms with Gasteiger partial charge in [-0.05, 0) is 192 Å². The van der Waals surface area contributed by atoms with Gasteiger partial charge in [0.1, 0.15) is 0 Å². The van der Waals surface area contributed by atoms with E-state index in [1.165, 1.54) is 117 Å². The van der Waals surface area contributed by atoms with Crippen molar-refractivity contribution in [3.63, 3.8) is 0 Å². The molecule has 0 heterocycles. The molecule has 0 atom stereocenters. The van der Waals surface area contributed by atoms with Crippen LogP contribution in [-0.4, -0.2) is 0 Å². The maximum atomic E-state index is 2.53. The molecule has 0 nitrogen and oxygen atoms in total. The van der Waals surface area contributed by atoms with Gasteiger partial charge in [0, 0.05) is 7.14 Å². The molecule has 11 aromatic carbocycles. The topological polar surface area (TPSA) is 0 Å². The van der Waals surface area contributed by atoms with Gasteiger partial charge in [-0.3, -0.25) is 0 Å². The lowest BCUT2D eigenvalue weighted by Gasteiger charge is -2.24. The monoisotopic (exact) mass is 1010 g/mol. The Morgan fingerprint density at radius 2 is 0.661 bits per heavy atom. The molecule has 0 bridgehead atoms. The van der Waals surface area contributed by atoms with E-state index < -0.39 is 0 Å². The molecule has 0 saturated carbocycles. The first-order valence-electron chi connectivity index (χ1n) is 21.0. The van der Waals surface area contributed by atoms with Gasteiger partial charge < -0.3 is 0 Å². The van der Waals surface area contributed by atoms with Crippen molar-refractivity contribution >= 4 is 77.5 Å². The highest BCUT2D eigenvalue weighted by Gasteiger charge is 2.25. The van der Waals surface area contributed by atoms with Gasteiger partial charge in [0.25, 0.3) is 0 Å². The third-order valence-electron chi connectivity index (χ3n) is 12.2. The highest BCUT2D eigenvalue weighted by Crippen LogP contribution is 2.52. The Balaban J connectivity index is 1.34. The van der Waals surface area contributed by atoms with E-state index in [0.717, 1.165) is 0 Å². The van der Waals surface area contributed by atoms with Gasteiger partial charge in [0.05, 0.1) is 0 Å². The lowest BCUT2D eigenvalue weighted by atomic mass is 9.79. The van der Waals surface area contributed by atoms with E-state index in [2.05, 4.69) is 276 Å². The average molecular weight is 1010 g/mol. The largest absolute Gasteiger partial charge is 0.0622 e. The van der Waals surface area contributed by atoms with Crippen molar-refractivity contribution in [1.29, 1.82) is 0 Å². The van der Waals surface area contributed by atoms with Crippen molar-refractivity contribution in [3.05, 3.63) is 238 Å². The maximum Gasteiger partial charge on any atom is 0.0143 e. The standard InChI is InChI=1S/C60H38I2/c61-47-31-33-50-54(35-47)60-57(45-24-14-5-15-25-45)55(38-52(43-22-12-4-13-23-43)59(60)56-37-48(62)36-51(58(50)56)42-20-10-3-11-21-42)53-34-46(40-18-8-2-9-19-40)30-32-49(53)44-28-26-41(27-29-44)39-16-6-1-7-17-39/h1-38H. The number of fused-ring (bicyclic) bond motifs is 6. The minimum absolute atomic E-state index is 1.18. The predicted molar refractivity (Wildman–Crippen MR) is 282 cm³/mol. The van der Waals surface area contributed by atoms with Crippen molar-refractivity contribution in [2.75, 3.05) is 0 Å². The van der Waals surface area contributed by atoms with Gasteiger partial charge in [-0.15, -0.1) is 0 Å². The van der Waals surface area contributed by atoms with Crippen LogP contribution < -0.4 is 0 Å².